The Labute approximate surface area is 238 Å². The van der Waals surface area contributed by atoms with Crippen LogP contribution in [0.15, 0.2) is 24.3 Å². The van der Waals surface area contributed by atoms with Crippen molar-refractivity contribution in [1.82, 2.24) is 8.75 Å². The molecule has 0 unspecified atom stereocenters. The van der Waals surface area contributed by atoms with Crippen LogP contribution >= 0.6 is 57.1 Å². The molecule has 5 aromatic heterocycles. The fourth-order valence-electron chi connectivity index (χ4n) is 4.86. The third-order valence-electron chi connectivity index (χ3n) is 7.57. The van der Waals surface area contributed by atoms with Gasteiger partial charge in [0.25, 0.3) is 0 Å². The molecule has 6 rings (SSSR count). The van der Waals surface area contributed by atoms with Gasteiger partial charge in [0.15, 0.2) is 0 Å². The molecule has 37 heavy (non-hydrogen) atoms. The second-order valence-corrected chi connectivity index (χ2v) is 14.9. The van der Waals surface area contributed by atoms with Crippen LogP contribution in [0, 0.1) is 55.4 Å². The third kappa shape index (κ3) is 3.98. The molecule has 6 aromatic rings. The van der Waals surface area contributed by atoms with Gasteiger partial charge in [-0.25, -0.2) is 0 Å². The minimum absolute atomic E-state index is 1.01. The fourth-order valence-corrected chi connectivity index (χ4v) is 10.7. The van der Waals surface area contributed by atoms with Crippen molar-refractivity contribution in [3.05, 3.63) is 67.4 Å². The second-order valence-electron chi connectivity index (χ2n) is 9.84. The molecule has 0 aliphatic carbocycles. The van der Waals surface area contributed by atoms with E-state index in [0.717, 1.165) is 11.0 Å². The van der Waals surface area contributed by atoms with Crippen LogP contribution < -0.4 is 0 Å². The van der Waals surface area contributed by atoms with E-state index in [0.29, 0.717) is 0 Å². The summed E-state index contributed by atoms with van der Waals surface area (Å²) in [7, 11) is 0. The maximum Gasteiger partial charge on any atom is 0.114 e. The van der Waals surface area contributed by atoms with Gasteiger partial charge in [0.05, 0.1) is 11.7 Å². The molecule has 1 aromatic carbocycles. The first-order chi connectivity index (χ1) is 17.7. The molecular weight excluding hydrogens is 549 g/mol. The maximum absolute atomic E-state index is 4.79. The summed E-state index contributed by atoms with van der Waals surface area (Å²) in [5.41, 5.74) is 12.7. The molecule has 0 N–H and O–H groups in total. The number of benzene rings is 1. The van der Waals surface area contributed by atoms with Crippen LogP contribution in [0.2, 0.25) is 0 Å². The van der Waals surface area contributed by atoms with E-state index in [-0.39, 0.29) is 0 Å². The molecular formula is C30H28N2S5. The van der Waals surface area contributed by atoms with Crippen LogP contribution in [0.3, 0.4) is 0 Å². The minimum atomic E-state index is 1.01. The van der Waals surface area contributed by atoms with E-state index in [9.17, 15) is 0 Å². The maximum atomic E-state index is 4.79. The molecule has 0 bridgehead atoms. The van der Waals surface area contributed by atoms with E-state index in [2.05, 4.69) is 79.7 Å². The van der Waals surface area contributed by atoms with Crippen molar-refractivity contribution in [2.45, 2.75) is 55.4 Å². The van der Waals surface area contributed by atoms with Gasteiger partial charge in [-0.05, 0) is 101 Å². The Balaban J connectivity index is 1.45. The van der Waals surface area contributed by atoms with Gasteiger partial charge in [0.2, 0.25) is 0 Å². The summed E-state index contributed by atoms with van der Waals surface area (Å²) in [6.45, 7) is 17.9. The summed E-state index contributed by atoms with van der Waals surface area (Å²) in [6.07, 6.45) is 0. The van der Waals surface area contributed by atoms with Gasteiger partial charge in [-0.1, -0.05) is 12.1 Å². The van der Waals surface area contributed by atoms with Crippen molar-refractivity contribution >= 4 is 68.1 Å². The predicted octanol–water partition coefficient (Wildman–Crippen LogP) is 11.1. The second kappa shape index (κ2) is 9.24. The summed E-state index contributed by atoms with van der Waals surface area (Å²) in [5, 5.41) is 0. The molecule has 0 amide bonds. The number of thiophene rings is 4. The van der Waals surface area contributed by atoms with Gasteiger partial charge in [-0.2, -0.15) is 8.75 Å². The predicted molar refractivity (Wildman–Crippen MR) is 169 cm³/mol. The molecule has 0 aliphatic rings. The number of hydrogen-bond acceptors (Lipinski definition) is 7. The Hall–Kier alpha value is -2.16. The van der Waals surface area contributed by atoms with Crippen LogP contribution in [0.4, 0.5) is 0 Å². The molecule has 188 valence electrons. The van der Waals surface area contributed by atoms with E-state index in [1.165, 1.54) is 95.3 Å². The number of hydrogen-bond donors (Lipinski definition) is 0. The summed E-state index contributed by atoms with van der Waals surface area (Å²) in [5.74, 6) is 0. The summed E-state index contributed by atoms with van der Waals surface area (Å²) in [6, 6.07) is 9.17. The molecule has 0 atom stereocenters. The highest BCUT2D eigenvalue weighted by Crippen LogP contribution is 2.48. The lowest BCUT2D eigenvalue weighted by molar-refractivity contribution is 1.35. The van der Waals surface area contributed by atoms with Crippen molar-refractivity contribution in [3.63, 3.8) is 0 Å². The highest BCUT2D eigenvalue weighted by Gasteiger charge is 2.21. The zero-order valence-electron chi connectivity index (χ0n) is 22.2. The largest absolute Gasteiger partial charge is 0.172 e. The van der Waals surface area contributed by atoms with E-state index in [1.54, 1.807) is 0 Å². The molecule has 2 nitrogen and oxygen atoms in total. The topological polar surface area (TPSA) is 25.8 Å². The average molecular weight is 577 g/mol. The first kappa shape index (κ1) is 25.1. The van der Waals surface area contributed by atoms with Crippen molar-refractivity contribution in [2.24, 2.45) is 0 Å². The summed E-state index contributed by atoms with van der Waals surface area (Å²) < 4.78 is 9.58. The van der Waals surface area contributed by atoms with Crippen molar-refractivity contribution in [3.8, 4) is 40.4 Å². The summed E-state index contributed by atoms with van der Waals surface area (Å²) in [4.78, 5) is 10.9. The number of fused-ring (bicyclic) bond motifs is 1. The highest BCUT2D eigenvalue weighted by molar-refractivity contribution is 7.25. The smallest absolute Gasteiger partial charge is 0.114 e. The Morgan fingerprint density at radius 3 is 1.24 bits per heavy atom. The fraction of sp³-hybridized carbons (Fsp3) is 0.267. The molecule has 0 radical (unpaired) electrons. The molecule has 5 heterocycles. The normalized spacial score (nSPS) is 11.8. The van der Waals surface area contributed by atoms with Gasteiger partial charge in [-0.15, -0.1) is 45.3 Å². The van der Waals surface area contributed by atoms with Crippen LogP contribution in [0.5, 0.6) is 0 Å². The molecule has 0 aliphatic heterocycles. The van der Waals surface area contributed by atoms with Crippen LogP contribution in [-0.4, -0.2) is 8.75 Å². The Bertz CT molecular complexity index is 1690. The average Bonchev–Trinajstić information content (AvgIpc) is 3.68. The zero-order chi connectivity index (χ0) is 26.2. The monoisotopic (exact) mass is 576 g/mol. The Morgan fingerprint density at radius 2 is 0.892 bits per heavy atom. The van der Waals surface area contributed by atoms with Gasteiger partial charge >= 0.3 is 0 Å². The Kier molecular flexibility index (Phi) is 6.28. The van der Waals surface area contributed by atoms with Gasteiger partial charge in [0.1, 0.15) is 11.0 Å². The first-order valence-corrected chi connectivity index (χ1v) is 16.3. The third-order valence-corrected chi connectivity index (χ3v) is 13.6. The zero-order valence-corrected chi connectivity index (χ0v) is 26.3. The SMILES string of the molecule is Cc1cc(-c2ccc(-c3cc(C)c(-c4sc(C)c(C)c4C)s3)c3nsnc23)sc1-c1sc(C)c(C)c1C. The highest BCUT2D eigenvalue weighted by atomic mass is 32.1. The minimum Gasteiger partial charge on any atom is -0.172 e. The molecule has 0 saturated heterocycles. The van der Waals surface area contributed by atoms with E-state index >= 15 is 0 Å². The number of aromatic nitrogens is 2. The van der Waals surface area contributed by atoms with E-state index in [1.807, 2.05) is 45.3 Å². The first-order valence-electron chi connectivity index (χ1n) is 12.3. The number of aryl methyl sites for hydroxylation is 4. The molecule has 0 fully saturated rings. The van der Waals surface area contributed by atoms with E-state index in [4.69, 9.17) is 8.75 Å². The van der Waals surface area contributed by atoms with Crippen molar-refractivity contribution < 1.29 is 0 Å². The Morgan fingerprint density at radius 1 is 0.486 bits per heavy atom. The van der Waals surface area contributed by atoms with Crippen LogP contribution in [0.25, 0.3) is 51.4 Å². The molecule has 0 saturated carbocycles. The van der Waals surface area contributed by atoms with Crippen molar-refractivity contribution in [1.29, 1.82) is 0 Å². The van der Waals surface area contributed by atoms with Gasteiger partial charge in [0, 0.05) is 50.1 Å². The lowest BCUT2D eigenvalue weighted by atomic mass is 10.0. The van der Waals surface area contributed by atoms with Crippen LogP contribution in [0.1, 0.15) is 43.1 Å². The molecule has 7 heteroatoms. The van der Waals surface area contributed by atoms with Gasteiger partial charge < -0.3 is 0 Å². The number of rotatable bonds is 4. The van der Waals surface area contributed by atoms with Crippen LogP contribution in [-0.2, 0) is 0 Å². The lowest BCUT2D eigenvalue weighted by Crippen LogP contribution is -1.82. The lowest BCUT2D eigenvalue weighted by Gasteiger charge is -2.04. The quantitative estimate of drug-likeness (QED) is 0.209. The number of nitrogens with zero attached hydrogens (tertiary/aromatic N) is 2. The van der Waals surface area contributed by atoms with Crippen molar-refractivity contribution in [2.75, 3.05) is 0 Å². The van der Waals surface area contributed by atoms with Gasteiger partial charge in [-0.3, -0.25) is 0 Å². The standard InChI is InChI=1S/C30H28N2S5/c1-13-11-23(35-27(13)29-17(5)15(3)19(7)33-29)21-9-10-22(26-25(21)31-37-32-26)24-12-14(2)28(36-24)30-18(6)16(4)20(8)34-30/h9-12H,1-8H3. The summed E-state index contributed by atoms with van der Waals surface area (Å²) >= 11 is 8.91. The van der Waals surface area contributed by atoms with E-state index < -0.39 is 0 Å². The molecule has 0 spiro atoms.